The van der Waals surface area contributed by atoms with Crippen molar-refractivity contribution < 1.29 is 4.52 Å². The third-order valence-electron chi connectivity index (χ3n) is 6.36. The Morgan fingerprint density at radius 1 is 1.05 bits per heavy atom. The molecule has 20 heavy (non-hydrogen) atoms. The second kappa shape index (κ2) is 3.85. The molecule has 0 aromatic carbocycles. The highest BCUT2D eigenvalue weighted by molar-refractivity contribution is 5.16. The maximum atomic E-state index is 6.22. The molecule has 5 aliphatic carbocycles. The van der Waals surface area contributed by atoms with E-state index in [4.69, 9.17) is 15.2 Å². The third kappa shape index (κ3) is 1.63. The first-order valence-corrected chi connectivity index (χ1v) is 8.31. The number of nitrogens with two attached hydrogens (primary N) is 1. The number of aromatic nitrogens is 2. The molecule has 4 heteroatoms. The lowest BCUT2D eigenvalue weighted by molar-refractivity contribution is -0.0201. The molecule has 5 fully saturated rings. The molecule has 1 heterocycles. The van der Waals surface area contributed by atoms with Gasteiger partial charge in [0.1, 0.15) is 0 Å². The van der Waals surface area contributed by atoms with Gasteiger partial charge < -0.3 is 10.3 Å². The van der Waals surface area contributed by atoms with Crippen LogP contribution in [0.15, 0.2) is 4.52 Å². The summed E-state index contributed by atoms with van der Waals surface area (Å²) in [7, 11) is 0. The average molecular weight is 273 g/mol. The Morgan fingerprint density at radius 3 is 2.20 bits per heavy atom. The summed E-state index contributed by atoms with van der Waals surface area (Å²) in [6, 6.07) is 0.00131. The SMILES string of the molecule is NC(c1noc(C23CC4CC(CC(C4)C2)C3)n1)C1CC1. The predicted molar refractivity (Wildman–Crippen MR) is 73.8 cm³/mol. The van der Waals surface area contributed by atoms with Gasteiger partial charge in [-0.15, -0.1) is 0 Å². The van der Waals surface area contributed by atoms with Crippen molar-refractivity contribution in [3.63, 3.8) is 0 Å². The summed E-state index contributed by atoms with van der Waals surface area (Å²) in [5, 5.41) is 4.22. The topological polar surface area (TPSA) is 64.9 Å². The molecule has 4 bridgehead atoms. The highest BCUT2D eigenvalue weighted by Gasteiger charge is 2.54. The fourth-order valence-electron chi connectivity index (χ4n) is 5.62. The third-order valence-corrected chi connectivity index (χ3v) is 6.36. The molecule has 0 aliphatic heterocycles. The van der Waals surface area contributed by atoms with Crippen LogP contribution in [0.4, 0.5) is 0 Å². The summed E-state index contributed by atoms with van der Waals surface area (Å²) in [4.78, 5) is 4.76. The molecule has 2 N–H and O–H groups in total. The predicted octanol–water partition coefficient (Wildman–Crippen LogP) is 2.95. The van der Waals surface area contributed by atoms with Gasteiger partial charge in [0.25, 0.3) is 0 Å². The summed E-state index contributed by atoms with van der Waals surface area (Å²) >= 11 is 0. The van der Waals surface area contributed by atoms with E-state index in [1.54, 1.807) is 0 Å². The maximum Gasteiger partial charge on any atom is 0.232 e. The van der Waals surface area contributed by atoms with Crippen LogP contribution in [0.2, 0.25) is 0 Å². The van der Waals surface area contributed by atoms with Crippen LogP contribution in [-0.2, 0) is 5.41 Å². The Balaban J connectivity index is 1.47. The molecule has 5 saturated carbocycles. The Hall–Kier alpha value is -0.900. The first-order valence-electron chi connectivity index (χ1n) is 8.31. The molecular formula is C16H23N3O. The average Bonchev–Trinajstić information content (AvgIpc) is 3.12. The van der Waals surface area contributed by atoms with Gasteiger partial charge in [-0.3, -0.25) is 0 Å². The van der Waals surface area contributed by atoms with E-state index in [0.717, 1.165) is 29.5 Å². The molecule has 1 unspecified atom stereocenters. The lowest BCUT2D eigenvalue weighted by Gasteiger charge is -2.55. The molecule has 0 saturated heterocycles. The molecule has 1 aromatic heterocycles. The van der Waals surface area contributed by atoms with Gasteiger partial charge in [-0.05, 0) is 75.0 Å². The van der Waals surface area contributed by atoms with Gasteiger partial charge in [0.05, 0.1) is 11.5 Å². The molecule has 1 aromatic rings. The van der Waals surface area contributed by atoms with Gasteiger partial charge >= 0.3 is 0 Å². The normalized spacial score (nSPS) is 44.0. The van der Waals surface area contributed by atoms with Crippen LogP contribution in [0.25, 0.3) is 0 Å². The molecule has 0 spiro atoms. The van der Waals surface area contributed by atoms with Gasteiger partial charge in [0, 0.05) is 0 Å². The van der Waals surface area contributed by atoms with E-state index in [0.29, 0.717) is 5.92 Å². The fourth-order valence-corrected chi connectivity index (χ4v) is 5.62. The van der Waals surface area contributed by atoms with Crippen molar-refractivity contribution >= 4 is 0 Å². The van der Waals surface area contributed by atoms with Gasteiger partial charge in [-0.2, -0.15) is 4.98 Å². The van der Waals surface area contributed by atoms with Crippen LogP contribution in [0.1, 0.15) is 69.1 Å². The van der Waals surface area contributed by atoms with E-state index in [2.05, 4.69) is 5.16 Å². The number of rotatable bonds is 3. The van der Waals surface area contributed by atoms with Crippen molar-refractivity contribution in [2.75, 3.05) is 0 Å². The Kier molecular flexibility index (Phi) is 2.25. The minimum atomic E-state index is 0.00131. The molecule has 0 radical (unpaired) electrons. The zero-order valence-corrected chi connectivity index (χ0v) is 11.9. The first-order chi connectivity index (χ1) is 9.72. The number of nitrogens with zero attached hydrogens (tertiary/aromatic N) is 2. The van der Waals surface area contributed by atoms with Crippen molar-refractivity contribution in [1.29, 1.82) is 0 Å². The highest BCUT2D eigenvalue weighted by Crippen LogP contribution is 2.60. The van der Waals surface area contributed by atoms with E-state index >= 15 is 0 Å². The second-order valence-electron chi connectivity index (χ2n) is 8.02. The lowest BCUT2D eigenvalue weighted by atomic mass is 9.49. The second-order valence-corrected chi connectivity index (χ2v) is 8.02. The van der Waals surface area contributed by atoms with E-state index in [9.17, 15) is 0 Å². The molecule has 108 valence electrons. The molecular weight excluding hydrogens is 250 g/mol. The van der Waals surface area contributed by atoms with Crippen LogP contribution in [0.5, 0.6) is 0 Å². The summed E-state index contributed by atoms with van der Waals surface area (Å²) in [5.41, 5.74) is 6.43. The molecule has 1 atom stereocenters. The largest absolute Gasteiger partial charge is 0.339 e. The molecule has 0 amide bonds. The van der Waals surface area contributed by atoms with Gasteiger partial charge in [0.2, 0.25) is 5.89 Å². The maximum absolute atomic E-state index is 6.22. The summed E-state index contributed by atoms with van der Waals surface area (Å²) in [6.45, 7) is 0. The number of hydrogen-bond donors (Lipinski definition) is 1. The quantitative estimate of drug-likeness (QED) is 0.919. The Bertz CT molecular complexity index is 498. The van der Waals surface area contributed by atoms with Crippen LogP contribution >= 0.6 is 0 Å². The van der Waals surface area contributed by atoms with Crippen LogP contribution in [-0.4, -0.2) is 10.1 Å². The minimum Gasteiger partial charge on any atom is -0.339 e. The minimum absolute atomic E-state index is 0.00131. The van der Waals surface area contributed by atoms with Gasteiger partial charge in [-0.25, -0.2) is 0 Å². The highest BCUT2D eigenvalue weighted by atomic mass is 16.5. The zero-order valence-electron chi connectivity index (χ0n) is 11.9. The summed E-state index contributed by atoms with van der Waals surface area (Å²) in [6.07, 6.45) is 10.6. The van der Waals surface area contributed by atoms with Gasteiger partial charge in [-0.1, -0.05) is 5.16 Å². The lowest BCUT2D eigenvalue weighted by Crippen LogP contribution is -2.48. The number of hydrogen-bond acceptors (Lipinski definition) is 4. The van der Waals surface area contributed by atoms with Crippen LogP contribution in [0, 0.1) is 23.7 Å². The smallest absolute Gasteiger partial charge is 0.232 e. The first kappa shape index (κ1) is 11.7. The van der Waals surface area contributed by atoms with E-state index < -0.39 is 0 Å². The van der Waals surface area contributed by atoms with E-state index in [1.807, 2.05) is 0 Å². The van der Waals surface area contributed by atoms with Crippen molar-refractivity contribution in [2.24, 2.45) is 29.4 Å². The van der Waals surface area contributed by atoms with Crippen molar-refractivity contribution in [1.82, 2.24) is 10.1 Å². The van der Waals surface area contributed by atoms with Crippen LogP contribution in [0.3, 0.4) is 0 Å². The Morgan fingerprint density at radius 2 is 1.65 bits per heavy atom. The summed E-state index contributed by atoms with van der Waals surface area (Å²) in [5.74, 6) is 5.01. The van der Waals surface area contributed by atoms with Crippen LogP contribution < -0.4 is 5.73 Å². The standard InChI is InChI=1S/C16H23N3O/c17-13(12-1-2-12)14-18-15(20-19-14)16-6-9-3-10(7-16)5-11(4-9)8-16/h9-13H,1-8,17H2. The monoisotopic (exact) mass is 273 g/mol. The molecule has 4 nitrogen and oxygen atoms in total. The van der Waals surface area contributed by atoms with Crippen molar-refractivity contribution in [3.8, 4) is 0 Å². The van der Waals surface area contributed by atoms with E-state index in [1.165, 1.54) is 51.4 Å². The van der Waals surface area contributed by atoms with Crippen molar-refractivity contribution in [2.45, 2.75) is 62.8 Å². The molecule has 6 rings (SSSR count). The van der Waals surface area contributed by atoms with Gasteiger partial charge in [0.15, 0.2) is 5.82 Å². The Labute approximate surface area is 119 Å². The summed E-state index contributed by atoms with van der Waals surface area (Å²) < 4.78 is 5.71. The fraction of sp³-hybridized carbons (Fsp3) is 0.875. The van der Waals surface area contributed by atoms with Crippen molar-refractivity contribution in [3.05, 3.63) is 11.7 Å². The van der Waals surface area contributed by atoms with E-state index in [-0.39, 0.29) is 11.5 Å². The zero-order chi connectivity index (χ0) is 13.3. The molecule has 5 aliphatic rings.